The standard InChI is InChI=1S/C48H47N/c1-45(2)23-24-46(3,4)44-36(14-10-16-40(44)45)31-17-19-34(20-18-31)49(33-11-6-5-7-12-33)35-21-22-38-37-13-8-9-15-39(37)48(41(38)28-35)42-26-30-25-32-27-43(48)47(32,42)29-30/h5-22,28,30,32,42-43H,23-27,29H2,1-4H3. The second kappa shape index (κ2) is 9.36. The van der Waals surface area contributed by atoms with Crippen LogP contribution >= 0.6 is 0 Å². The third-order valence-electron chi connectivity index (χ3n) is 15.2. The van der Waals surface area contributed by atoms with Crippen molar-refractivity contribution < 1.29 is 0 Å². The van der Waals surface area contributed by atoms with Crippen LogP contribution in [0.1, 0.15) is 88.5 Å². The van der Waals surface area contributed by atoms with E-state index in [-0.39, 0.29) is 16.2 Å². The second-order valence-corrected chi connectivity index (χ2v) is 18.0. The van der Waals surface area contributed by atoms with Crippen molar-refractivity contribution in [2.75, 3.05) is 4.90 Å². The van der Waals surface area contributed by atoms with Gasteiger partial charge in [0.05, 0.1) is 0 Å². The summed E-state index contributed by atoms with van der Waals surface area (Å²) < 4.78 is 0. The van der Waals surface area contributed by atoms with Crippen molar-refractivity contribution in [3.05, 3.63) is 138 Å². The van der Waals surface area contributed by atoms with Gasteiger partial charge in [-0.05, 0) is 159 Å². The van der Waals surface area contributed by atoms with Gasteiger partial charge >= 0.3 is 0 Å². The lowest BCUT2D eigenvalue weighted by Gasteiger charge is -2.76. The summed E-state index contributed by atoms with van der Waals surface area (Å²) in [5.41, 5.74) is 17.0. The number of benzene rings is 5. The number of anilines is 3. The minimum atomic E-state index is 0.160. The Hall–Kier alpha value is -4.10. The van der Waals surface area contributed by atoms with Crippen LogP contribution in [-0.2, 0) is 16.2 Å². The van der Waals surface area contributed by atoms with Gasteiger partial charge in [0.15, 0.2) is 0 Å². The van der Waals surface area contributed by atoms with E-state index in [4.69, 9.17) is 0 Å². The van der Waals surface area contributed by atoms with Crippen molar-refractivity contribution in [3.8, 4) is 22.3 Å². The van der Waals surface area contributed by atoms with Crippen LogP contribution in [0, 0.1) is 29.1 Å². The molecule has 5 aromatic rings. The number of hydrogen-bond donors (Lipinski definition) is 0. The van der Waals surface area contributed by atoms with Gasteiger partial charge in [-0.2, -0.15) is 0 Å². The van der Waals surface area contributed by atoms with Crippen LogP contribution in [0.4, 0.5) is 17.1 Å². The molecule has 2 bridgehead atoms. The molecular formula is C48H47N. The number of rotatable bonds is 4. The molecule has 6 atom stereocenters. The highest BCUT2D eigenvalue weighted by Gasteiger charge is 2.84. The zero-order chi connectivity index (χ0) is 32.9. The van der Waals surface area contributed by atoms with Gasteiger partial charge in [-0.15, -0.1) is 0 Å². The van der Waals surface area contributed by atoms with Crippen LogP contribution in [0.15, 0.2) is 115 Å². The van der Waals surface area contributed by atoms with E-state index < -0.39 is 0 Å². The maximum atomic E-state index is 2.63. The quantitative estimate of drug-likeness (QED) is 0.189. The van der Waals surface area contributed by atoms with E-state index in [1.165, 1.54) is 83.4 Å². The first-order chi connectivity index (χ1) is 23.7. The Kier molecular flexibility index (Phi) is 5.49. The van der Waals surface area contributed by atoms with E-state index in [1.54, 1.807) is 16.7 Å². The molecule has 244 valence electrons. The fraction of sp³-hybridized carbons (Fsp3) is 0.375. The fourth-order valence-corrected chi connectivity index (χ4v) is 13.2. The molecule has 0 aliphatic heterocycles. The Morgan fingerprint density at radius 3 is 2.00 bits per heavy atom. The summed E-state index contributed by atoms with van der Waals surface area (Å²) in [7, 11) is 0. The number of para-hydroxylation sites is 1. The van der Waals surface area contributed by atoms with E-state index in [0.29, 0.717) is 5.41 Å². The highest BCUT2D eigenvalue weighted by Crippen LogP contribution is 2.89. The minimum absolute atomic E-state index is 0.160. The fourth-order valence-electron chi connectivity index (χ4n) is 13.2. The molecule has 0 amide bonds. The third kappa shape index (κ3) is 3.43. The van der Waals surface area contributed by atoms with Crippen molar-refractivity contribution in [1.29, 1.82) is 0 Å². The molecule has 0 saturated heterocycles. The third-order valence-corrected chi connectivity index (χ3v) is 15.2. The van der Waals surface area contributed by atoms with E-state index in [2.05, 4.69) is 148 Å². The van der Waals surface area contributed by atoms with Gasteiger partial charge in [0.25, 0.3) is 0 Å². The summed E-state index contributed by atoms with van der Waals surface area (Å²) in [6.07, 6.45) is 8.35. The smallest absolute Gasteiger partial charge is 0.0465 e. The van der Waals surface area contributed by atoms with Crippen molar-refractivity contribution >= 4 is 17.1 Å². The molecule has 6 aliphatic rings. The van der Waals surface area contributed by atoms with E-state index in [0.717, 1.165) is 23.7 Å². The molecule has 6 aliphatic carbocycles. The lowest BCUT2D eigenvalue weighted by molar-refractivity contribution is -0.231. The van der Waals surface area contributed by atoms with Crippen LogP contribution in [-0.4, -0.2) is 0 Å². The second-order valence-electron chi connectivity index (χ2n) is 18.0. The largest absolute Gasteiger partial charge is 0.310 e. The average Bonchev–Trinajstić information content (AvgIpc) is 3.75. The first kappa shape index (κ1) is 28.7. The Balaban J connectivity index is 1.04. The predicted octanol–water partition coefficient (Wildman–Crippen LogP) is 12.5. The van der Waals surface area contributed by atoms with Gasteiger partial charge in [0.2, 0.25) is 0 Å². The van der Waals surface area contributed by atoms with Crippen molar-refractivity contribution in [1.82, 2.24) is 0 Å². The van der Waals surface area contributed by atoms with E-state index >= 15 is 0 Å². The average molecular weight is 638 g/mol. The van der Waals surface area contributed by atoms with Gasteiger partial charge in [-0.1, -0.05) is 107 Å². The summed E-state index contributed by atoms with van der Waals surface area (Å²) in [4.78, 5) is 2.51. The first-order valence-electron chi connectivity index (χ1n) is 19.1. The van der Waals surface area contributed by atoms with Crippen LogP contribution < -0.4 is 4.90 Å². The highest BCUT2D eigenvalue weighted by molar-refractivity contribution is 5.88. The molecular weight excluding hydrogens is 591 g/mol. The molecule has 5 aromatic carbocycles. The Labute approximate surface area is 292 Å². The van der Waals surface area contributed by atoms with Crippen LogP contribution in [0.2, 0.25) is 0 Å². The molecule has 1 heteroatoms. The van der Waals surface area contributed by atoms with Crippen molar-refractivity contribution in [2.24, 2.45) is 29.1 Å². The molecule has 0 radical (unpaired) electrons. The molecule has 4 saturated carbocycles. The van der Waals surface area contributed by atoms with E-state index in [1.807, 2.05) is 0 Å². The number of hydrogen-bond acceptors (Lipinski definition) is 1. The summed E-state index contributed by atoms with van der Waals surface area (Å²) >= 11 is 0. The molecule has 49 heavy (non-hydrogen) atoms. The summed E-state index contributed by atoms with van der Waals surface area (Å²) in [6.45, 7) is 9.74. The van der Waals surface area contributed by atoms with Gasteiger partial charge in [-0.3, -0.25) is 0 Å². The van der Waals surface area contributed by atoms with Crippen molar-refractivity contribution in [2.45, 2.75) is 82.5 Å². The summed E-state index contributed by atoms with van der Waals surface area (Å²) in [6, 6.07) is 44.5. The van der Waals surface area contributed by atoms with Crippen LogP contribution in [0.3, 0.4) is 0 Å². The lowest BCUT2D eigenvalue weighted by atomic mass is 9.27. The molecule has 0 N–H and O–H groups in total. The zero-order valence-corrected chi connectivity index (χ0v) is 29.5. The highest BCUT2D eigenvalue weighted by atomic mass is 15.1. The Morgan fingerprint density at radius 2 is 1.18 bits per heavy atom. The Bertz CT molecular complexity index is 2170. The molecule has 2 spiro atoms. The minimum Gasteiger partial charge on any atom is -0.310 e. The zero-order valence-electron chi connectivity index (χ0n) is 29.5. The Morgan fingerprint density at radius 1 is 0.531 bits per heavy atom. The molecule has 4 fully saturated rings. The topological polar surface area (TPSA) is 3.24 Å². The van der Waals surface area contributed by atoms with Crippen LogP contribution in [0.5, 0.6) is 0 Å². The van der Waals surface area contributed by atoms with Gasteiger partial charge in [-0.25, -0.2) is 0 Å². The van der Waals surface area contributed by atoms with Crippen LogP contribution in [0.25, 0.3) is 22.3 Å². The number of nitrogens with zero attached hydrogens (tertiary/aromatic N) is 1. The molecule has 11 rings (SSSR count). The maximum absolute atomic E-state index is 2.63. The normalized spacial score (nSPS) is 31.3. The van der Waals surface area contributed by atoms with E-state index in [9.17, 15) is 0 Å². The predicted molar refractivity (Wildman–Crippen MR) is 203 cm³/mol. The van der Waals surface area contributed by atoms with Gasteiger partial charge in [0.1, 0.15) is 0 Å². The number of fused-ring (bicyclic) bond motifs is 9. The molecule has 1 nitrogen and oxygen atoms in total. The summed E-state index contributed by atoms with van der Waals surface area (Å²) in [5.74, 6) is 3.59. The molecule has 0 heterocycles. The SMILES string of the molecule is CC1(C)CCC(C)(C)c2c(-c3ccc(N(c4ccccc4)c4ccc5c(c4)C4(c6ccccc6-5)C5CC6CC7CC4C75C6)cc3)cccc21. The first-order valence-corrected chi connectivity index (χ1v) is 19.1. The van der Waals surface area contributed by atoms with Gasteiger partial charge < -0.3 is 4.90 Å². The van der Waals surface area contributed by atoms with Crippen molar-refractivity contribution in [3.63, 3.8) is 0 Å². The van der Waals surface area contributed by atoms with Gasteiger partial charge in [0, 0.05) is 22.5 Å². The lowest BCUT2D eigenvalue weighted by Crippen LogP contribution is -2.73. The monoisotopic (exact) mass is 637 g/mol. The molecule has 0 aromatic heterocycles. The molecule has 6 unspecified atom stereocenters. The summed E-state index contributed by atoms with van der Waals surface area (Å²) in [5, 5.41) is 0. The maximum Gasteiger partial charge on any atom is 0.0465 e.